The van der Waals surface area contributed by atoms with Gasteiger partial charge in [-0.2, -0.15) is 0 Å². The van der Waals surface area contributed by atoms with E-state index in [1.165, 1.54) is 30.3 Å². The lowest BCUT2D eigenvalue weighted by atomic mass is 10.2. The number of para-hydroxylation sites is 3. The minimum absolute atomic E-state index is 0.262. The van der Waals surface area contributed by atoms with Crippen molar-refractivity contribution >= 4 is 34.1 Å². The van der Waals surface area contributed by atoms with Crippen molar-refractivity contribution in [1.82, 2.24) is 0 Å². The minimum atomic E-state index is -1.21. The Balaban J connectivity index is 0.000000300. The molecule has 0 bridgehead atoms. The molecule has 0 unspecified atom stereocenters. The number of nitro groups is 6. The number of non-ortho nitro benzene ring substituents is 1. The predicted molar refractivity (Wildman–Crippen MR) is 124 cm³/mol. The highest BCUT2D eigenvalue weighted by atomic mass is 16.7. The van der Waals surface area contributed by atoms with Crippen LogP contribution in [0.25, 0.3) is 0 Å². The van der Waals surface area contributed by atoms with E-state index >= 15 is 0 Å². The summed E-state index contributed by atoms with van der Waals surface area (Å²) >= 11 is 0. The van der Waals surface area contributed by atoms with E-state index in [1.54, 1.807) is 0 Å². The largest absolute Gasteiger partial charge is 0.502 e. The predicted octanol–water partition coefficient (Wildman–Crippen LogP) is 3.63. The fraction of sp³-hybridized carbons (Fsp3) is 0. The van der Waals surface area contributed by atoms with Gasteiger partial charge in [-0.25, -0.2) is 0 Å². The second-order valence-electron chi connectivity index (χ2n) is 6.51. The highest BCUT2D eigenvalue weighted by molar-refractivity contribution is 5.64. The fourth-order valence-electron chi connectivity index (χ4n) is 2.45. The number of hydrogen-bond donors (Lipinski definition) is 3. The Morgan fingerprint density at radius 2 is 0.872 bits per heavy atom. The zero-order chi connectivity index (χ0) is 30.0. The second kappa shape index (κ2) is 13.0. The van der Waals surface area contributed by atoms with Crippen LogP contribution in [0.1, 0.15) is 0 Å². The Labute approximate surface area is 212 Å². The van der Waals surface area contributed by atoms with Gasteiger partial charge in [0.05, 0.1) is 41.7 Å². The van der Waals surface area contributed by atoms with Crippen molar-refractivity contribution in [2.75, 3.05) is 0 Å². The quantitative estimate of drug-likeness (QED) is 0.290. The van der Waals surface area contributed by atoms with Gasteiger partial charge in [0.1, 0.15) is 0 Å². The van der Waals surface area contributed by atoms with Crippen LogP contribution in [0.3, 0.4) is 0 Å². The number of aromatic hydroxyl groups is 3. The Kier molecular flexibility index (Phi) is 10.1. The first-order valence-corrected chi connectivity index (χ1v) is 9.43. The summed E-state index contributed by atoms with van der Waals surface area (Å²) in [6, 6.07) is 9.59. The van der Waals surface area contributed by atoms with Gasteiger partial charge in [0.15, 0.2) is 5.75 Å². The summed E-state index contributed by atoms with van der Waals surface area (Å²) in [6.07, 6.45) is 0. The van der Waals surface area contributed by atoms with Crippen molar-refractivity contribution in [3.05, 3.63) is 115 Å². The van der Waals surface area contributed by atoms with E-state index in [9.17, 15) is 60.7 Å². The fourth-order valence-corrected chi connectivity index (χ4v) is 2.45. The van der Waals surface area contributed by atoms with E-state index in [-0.39, 0.29) is 11.4 Å². The van der Waals surface area contributed by atoms with E-state index < -0.39 is 69.5 Å². The normalized spacial score (nSPS) is 9.54. The van der Waals surface area contributed by atoms with Crippen molar-refractivity contribution in [2.24, 2.45) is 0 Å². The molecule has 3 rings (SSSR count). The van der Waals surface area contributed by atoms with Gasteiger partial charge >= 0.3 is 28.4 Å². The summed E-state index contributed by atoms with van der Waals surface area (Å²) in [6.45, 7) is 0. The number of rotatable bonds is 6. The SMILES string of the molecule is O=[N+]([O-])c1cc([N+](=O)[O-])c(O)c([N+](=O)[O-])c1.O=[N+]([O-])c1cccc(O)c1[N+](=O)[O-].O=[N+]([O-])c1ccccc1O. The first-order chi connectivity index (χ1) is 18.1. The van der Waals surface area contributed by atoms with E-state index in [0.29, 0.717) is 12.1 Å². The lowest BCUT2D eigenvalue weighted by molar-refractivity contribution is -0.423. The summed E-state index contributed by atoms with van der Waals surface area (Å²) in [7, 11) is 0. The molecule has 0 saturated heterocycles. The van der Waals surface area contributed by atoms with E-state index in [1.807, 2.05) is 0 Å². The van der Waals surface area contributed by atoms with Gasteiger partial charge < -0.3 is 15.3 Å². The molecular formula is C18H12N6O15. The highest BCUT2D eigenvalue weighted by Gasteiger charge is 2.30. The smallest absolute Gasteiger partial charge is 0.387 e. The first kappa shape index (κ1) is 30.5. The third-order valence-corrected chi connectivity index (χ3v) is 4.11. The Hall–Kier alpha value is -6.54. The maximum Gasteiger partial charge on any atom is 0.387 e. The molecular weight excluding hydrogens is 540 g/mol. The molecule has 0 aromatic heterocycles. The number of phenolic OH excluding ortho intramolecular Hbond substituents is 3. The summed E-state index contributed by atoms with van der Waals surface area (Å²) in [5.41, 5.74) is -4.86. The van der Waals surface area contributed by atoms with Gasteiger partial charge in [-0.15, -0.1) is 0 Å². The monoisotopic (exact) mass is 552 g/mol. The van der Waals surface area contributed by atoms with E-state index in [2.05, 4.69) is 0 Å². The molecule has 3 N–H and O–H groups in total. The van der Waals surface area contributed by atoms with Crippen molar-refractivity contribution in [1.29, 1.82) is 0 Å². The van der Waals surface area contributed by atoms with Crippen LogP contribution in [0.4, 0.5) is 34.1 Å². The number of nitrogens with zero attached hydrogens (tertiary/aromatic N) is 6. The summed E-state index contributed by atoms with van der Waals surface area (Å²) in [5.74, 6) is -2.22. The molecule has 204 valence electrons. The summed E-state index contributed by atoms with van der Waals surface area (Å²) < 4.78 is 0. The third kappa shape index (κ3) is 7.99. The molecule has 3 aromatic rings. The molecule has 0 spiro atoms. The highest BCUT2D eigenvalue weighted by Crippen LogP contribution is 2.39. The molecule has 0 radical (unpaired) electrons. The Bertz CT molecular complexity index is 1440. The Morgan fingerprint density at radius 3 is 1.21 bits per heavy atom. The topological polar surface area (TPSA) is 320 Å². The Morgan fingerprint density at radius 1 is 0.462 bits per heavy atom. The molecule has 0 heterocycles. The van der Waals surface area contributed by atoms with Crippen LogP contribution in [0.2, 0.25) is 0 Å². The van der Waals surface area contributed by atoms with Crippen LogP contribution in [-0.2, 0) is 0 Å². The number of phenols is 3. The molecule has 21 nitrogen and oxygen atoms in total. The maximum absolute atomic E-state index is 10.4. The first-order valence-electron chi connectivity index (χ1n) is 9.43. The molecule has 0 aliphatic heterocycles. The molecule has 21 heteroatoms. The van der Waals surface area contributed by atoms with Crippen LogP contribution in [0.15, 0.2) is 54.6 Å². The van der Waals surface area contributed by atoms with Gasteiger partial charge in [0, 0.05) is 12.1 Å². The standard InChI is InChI=1S/C6H3N3O7.C6H4N2O5.C6H5NO3/c10-6-4(8(13)14)1-3(7(11)12)2-5(6)9(15)16;9-5-3-1-2-4(7(10)11)6(5)8(12)13;8-6-4-2-1-3-5(6)7(9)10/h1-2,10H;1-3,9H;1-4,8H. The number of benzene rings is 3. The molecule has 0 amide bonds. The van der Waals surface area contributed by atoms with E-state index in [4.69, 9.17) is 15.3 Å². The number of nitro benzene ring substituents is 6. The lowest BCUT2D eigenvalue weighted by Gasteiger charge is -1.97. The lowest BCUT2D eigenvalue weighted by Crippen LogP contribution is -1.97. The maximum atomic E-state index is 10.4. The van der Waals surface area contributed by atoms with Crippen LogP contribution >= 0.6 is 0 Å². The van der Waals surface area contributed by atoms with Crippen molar-refractivity contribution in [3.8, 4) is 17.2 Å². The molecule has 0 fully saturated rings. The zero-order valence-electron chi connectivity index (χ0n) is 18.6. The minimum Gasteiger partial charge on any atom is -0.502 e. The third-order valence-electron chi connectivity index (χ3n) is 4.11. The summed E-state index contributed by atoms with van der Waals surface area (Å²) in [5, 5.41) is 88.6. The van der Waals surface area contributed by atoms with Gasteiger partial charge in [-0.3, -0.25) is 60.7 Å². The summed E-state index contributed by atoms with van der Waals surface area (Å²) in [4.78, 5) is 55.9. The molecule has 0 aliphatic carbocycles. The van der Waals surface area contributed by atoms with Crippen molar-refractivity contribution in [2.45, 2.75) is 0 Å². The molecule has 0 aliphatic rings. The molecule has 39 heavy (non-hydrogen) atoms. The van der Waals surface area contributed by atoms with Crippen LogP contribution in [0, 0.1) is 60.7 Å². The molecule has 0 atom stereocenters. The average molecular weight is 552 g/mol. The molecule has 3 aromatic carbocycles. The van der Waals surface area contributed by atoms with Crippen LogP contribution in [-0.4, -0.2) is 44.9 Å². The number of hydrogen-bond acceptors (Lipinski definition) is 15. The van der Waals surface area contributed by atoms with Gasteiger partial charge in [-0.05, 0) is 12.1 Å². The van der Waals surface area contributed by atoms with Crippen molar-refractivity contribution < 1.29 is 44.9 Å². The van der Waals surface area contributed by atoms with E-state index in [0.717, 1.165) is 12.1 Å². The zero-order valence-corrected chi connectivity index (χ0v) is 18.6. The van der Waals surface area contributed by atoms with Gasteiger partial charge in [0.25, 0.3) is 11.4 Å². The van der Waals surface area contributed by atoms with Gasteiger partial charge in [-0.1, -0.05) is 18.2 Å². The molecule has 0 saturated carbocycles. The van der Waals surface area contributed by atoms with Gasteiger partial charge in [0.2, 0.25) is 5.75 Å². The second-order valence-corrected chi connectivity index (χ2v) is 6.51. The van der Waals surface area contributed by atoms with Crippen LogP contribution < -0.4 is 0 Å². The average Bonchev–Trinajstić information content (AvgIpc) is 2.84. The van der Waals surface area contributed by atoms with Crippen molar-refractivity contribution in [3.63, 3.8) is 0 Å². The van der Waals surface area contributed by atoms with Crippen LogP contribution in [0.5, 0.6) is 17.2 Å².